The summed E-state index contributed by atoms with van der Waals surface area (Å²) in [5, 5.41) is 15.1. The van der Waals surface area contributed by atoms with E-state index < -0.39 is 0 Å². The van der Waals surface area contributed by atoms with E-state index in [0.29, 0.717) is 7.14 Å². The topological polar surface area (TPSA) is 70.0 Å². The molecule has 1 aliphatic heterocycles. The maximum Gasteiger partial charge on any atom is 0.254 e. The van der Waals surface area contributed by atoms with Crippen LogP contribution in [-0.2, 0) is 9.59 Å². The standard InChI is InChI=1S/C17H14I2N2O3/c18-11-5-8(6-12(19)15(11)22)7-20-21-16(23)13-9-1-2-10(4-3-9)14(13)17(21)24/h1-2,5-7,9-10,13-14,22H,3-4H2. The summed E-state index contributed by atoms with van der Waals surface area (Å²) >= 11 is 4.08. The number of imide groups is 1. The summed E-state index contributed by atoms with van der Waals surface area (Å²) in [7, 11) is 0. The predicted octanol–water partition coefficient (Wildman–Crippen LogP) is 3.13. The maximum absolute atomic E-state index is 12.7. The van der Waals surface area contributed by atoms with Crippen LogP contribution in [0.15, 0.2) is 29.4 Å². The van der Waals surface area contributed by atoms with E-state index in [1.54, 1.807) is 12.1 Å². The number of allylic oxidation sites excluding steroid dienone is 2. The van der Waals surface area contributed by atoms with Crippen LogP contribution < -0.4 is 0 Å². The Hall–Kier alpha value is -0.970. The molecule has 7 heteroatoms. The predicted molar refractivity (Wildman–Crippen MR) is 105 cm³/mol. The van der Waals surface area contributed by atoms with Crippen LogP contribution in [0, 0.1) is 30.8 Å². The van der Waals surface area contributed by atoms with Crippen LogP contribution in [0.3, 0.4) is 0 Å². The van der Waals surface area contributed by atoms with Gasteiger partial charge in [-0.2, -0.15) is 10.1 Å². The zero-order chi connectivity index (χ0) is 17.0. The number of carbonyl (C=O) groups excluding carboxylic acids is 2. The van der Waals surface area contributed by atoms with E-state index in [0.717, 1.165) is 23.4 Å². The van der Waals surface area contributed by atoms with Crippen LogP contribution in [0.2, 0.25) is 0 Å². The zero-order valence-electron chi connectivity index (χ0n) is 12.5. The molecule has 0 spiro atoms. The average molecular weight is 548 g/mol. The SMILES string of the molecule is O=C1C2C3C=CC(CC3)C2C(=O)N1N=Cc1cc(I)c(O)c(I)c1. The third-order valence-electron chi connectivity index (χ3n) is 5.10. The number of rotatable bonds is 2. The van der Waals surface area contributed by atoms with E-state index in [1.165, 1.54) is 6.21 Å². The first-order chi connectivity index (χ1) is 11.5. The molecule has 0 aromatic heterocycles. The van der Waals surface area contributed by atoms with Gasteiger partial charge in [-0.3, -0.25) is 9.59 Å². The van der Waals surface area contributed by atoms with E-state index in [4.69, 9.17) is 0 Å². The lowest BCUT2D eigenvalue weighted by molar-refractivity contribution is -0.140. The van der Waals surface area contributed by atoms with Crippen LogP contribution in [-0.4, -0.2) is 28.1 Å². The minimum atomic E-state index is -0.238. The molecule has 1 saturated heterocycles. The Morgan fingerprint density at radius 3 is 2.00 bits per heavy atom. The summed E-state index contributed by atoms with van der Waals surface area (Å²) in [6, 6.07) is 3.54. The molecule has 1 N–H and O–H groups in total. The normalized spacial score (nSPS) is 31.3. The Morgan fingerprint density at radius 1 is 1.04 bits per heavy atom. The zero-order valence-corrected chi connectivity index (χ0v) is 16.8. The van der Waals surface area contributed by atoms with E-state index in [-0.39, 0.29) is 41.2 Å². The van der Waals surface area contributed by atoms with Crippen molar-refractivity contribution in [2.75, 3.05) is 0 Å². The molecule has 124 valence electrons. The quantitative estimate of drug-likeness (QED) is 0.268. The number of aromatic hydroxyl groups is 1. The lowest BCUT2D eigenvalue weighted by atomic mass is 9.63. The van der Waals surface area contributed by atoms with E-state index in [9.17, 15) is 14.7 Å². The van der Waals surface area contributed by atoms with Crippen molar-refractivity contribution in [3.8, 4) is 5.75 Å². The number of fused-ring (bicyclic) bond motifs is 1. The number of amides is 2. The fourth-order valence-corrected chi connectivity index (χ4v) is 5.77. The van der Waals surface area contributed by atoms with Gasteiger partial charge in [-0.25, -0.2) is 0 Å². The lowest BCUT2D eigenvalue weighted by Crippen LogP contribution is -2.38. The molecule has 5 rings (SSSR count). The molecule has 0 radical (unpaired) electrons. The van der Waals surface area contributed by atoms with Crippen LogP contribution in [0.25, 0.3) is 0 Å². The van der Waals surface area contributed by atoms with Gasteiger partial charge in [0.2, 0.25) is 0 Å². The van der Waals surface area contributed by atoms with E-state index in [1.807, 2.05) is 45.2 Å². The van der Waals surface area contributed by atoms with Gasteiger partial charge in [-0.05, 0) is 87.6 Å². The van der Waals surface area contributed by atoms with Gasteiger partial charge in [-0.15, -0.1) is 0 Å². The van der Waals surface area contributed by atoms with E-state index in [2.05, 4.69) is 17.3 Å². The number of hydrazone groups is 1. The molecule has 4 unspecified atom stereocenters. The second kappa shape index (κ2) is 6.08. The van der Waals surface area contributed by atoms with Gasteiger partial charge in [-0.1, -0.05) is 12.2 Å². The maximum atomic E-state index is 12.7. The first kappa shape index (κ1) is 16.5. The van der Waals surface area contributed by atoms with Crippen molar-refractivity contribution >= 4 is 63.2 Å². The number of phenolic OH excluding ortho intramolecular Hbond substituents is 1. The molecular weight excluding hydrogens is 534 g/mol. The fourth-order valence-electron chi connectivity index (χ4n) is 3.96. The second-order valence-electron chi connectivity index (χ2n) is 6.41. The highest BCUT2D eigenvalue weighted by Gasteiger charge is 2.56. The molecule has 2 bridgehead atoms. The summed E-state index contributed by atoms with van der Waals surface area (Å²) in [5.74, 6) is -0.251. The van der Waals surface area contributed by atoms with Crippen LogP contribution >= 0.6 is 45.2 Å². The Labute approximate surface area is 166 Å². The highest BCUT2D eigenvalue weighted by atomic mass is 127. The molecule has 1 heterocycles. The van der Waals surface area contributed by atoms with Crippen LogP contribution in [0.1, 0.15) is 18.4 Å². The Balaban J connectivity index is 1.62. The third kappa shape index (κ3) is 2.51. The molecule has 4 atom stereocenters. The van der Waals surface area contributed by atoms with Gasteiger partial charge in [0.25, 0.3) is 11.8 Å². The largest absolute Gasteiger partial charge is 0.506 e. The minimum Gasteiger partial charge on any atom is -0.506 e. The Bertz CT molecular complexity index is 750. The summed E-state index contributed by atoms with van der Waals surface area (Å²) in [4.78, 5) is 25.3. The molecule has 1 saturated carbocycles. The van der Waals surface area contributed by atoms with Gasteiger partial charge in [0.05, 0.1) is 25.2 Å². The van der Waals surface area contributed by atoms with Gasteiger partial charge in [0.1, 0.15) is 5.75 Å². The third-order valence-corrected chi connectivity index (χ3v) is 6.74. The van der Waals surface area contributed by atoms with Crippen LogP contribution in [0.4, 0.5) is 0 Å². The smallest absolute Gasteiger partial charge is 0.254 e. The highest BCUT2D eigenvalue weighted by Crippen LogP contribution is 2.49. The molecule has 1 aromatic rings. The number of hydrogen-bond donors (Lipinski definition) is 1. The van der Waals surface area contributed by atoms with Crippen molar-refractivity contribution in [1.82, 2.24) is 5.01 Å². The number of nitrogens with zero attached hydrogens (tertiary/aromatic N) is 2. The molecular formula is C17H14I2N2O3. The van der Waals surface area contributed by atoms with Gasteiger partial charge >= 0.3 is 0 Å². The summed E-state index contributed by atoms with van der Waals surface area (Å²) < 4.78 is 1.41. The first-order valence-electron chi connectivity index (χ1n) is 7.75. The number of benzene rings is 1. The molecule has 1 aromatic carbocycles. The Kier molecular flexibility index (Phi) is 4.18. The van der Waals surface area contributed by atoms with Crippen molar-refractivity contribution < 1.29 is 14.7 Å². The van der Waals surface area contributed by atoms with Crippen molar-refractivity contribution in [2.24, 2.45) is 28.8 Å². The van der Waals surface area contributed by atoms with Crippen molar-refractivity contribution in [3.05, 3.63) is 37.0 Å². The molecule has 2 amide bonds. The fraction of sp³-hybridized carbons (Fsp3) is 0.353. The second-order valence-corrected chi connectivity index (χ2v) is 8.73. The molecule has 4 aliphatic rings. The lowest BCUT2D eigenvalue weighted by Gasteiger charge is -2.37. The van der Waals surface area contributed by atoms with Gasteiger partial charge in [0, 0.05) is 0 Å². The van der Waals surface area contributed by atoms with Crippen molar-refractivity contribution in [3.63, 3.8) is 0 Å². The van der Waals surface area contributed by atoms with Crippen LogP contribution in [0.5, 0.6) is 5.75 Å². The number of halogens is 2. The minimum absolute atomic E-state index is 0.173. The molecule has 5 nitrogen and oxygen atoms in total. The number of phenols is 1. The van der Waals surface area contributed by atoms with Gasteiger partial charge in [0.15, 0.2) is 0 Å². The Morgan fingerprint density at radius 2 is 1.54 bits per heavy atom. The number of carbonyl (C=O) groups is 2. The van der Waals surface area contributed by atoms with Crippen molar-refractivity contribution in [2.45, 2.75) is 12.8 Å². The first-order valence-corrected chi connectivity index (χ1v) is 9.91. The molecule has 3 aliphatic carbocycles. The molecule has 24 heavy (non-hydrogen) atoms. The van der Waals surface area contributed by atoms with Crippen molar-refractivity contribution in [1.29, 1.82) is 0 Å². The summed E-state index contributed by atoms with van der Waals surface area (Å²) in [5.41, 5.74) is 0.748. The summed E-state index contributed by atoms with van der Waals surface area (Å²) in [6.45, 7) is 0. The summed E-state index contributed by atoms with van der Waals surface area (Å²) in [6.07, 6.45) is 7.67. The average Bonchev–Trinajstić information content (AvgIpc) is 2.85. The monoisotopic (exact) mass is 548 g/mol. The highest BCUT2D eigenvalue weighted by molar-refractivity contribution is 14.1. The van der Waals surface area contributed by atoms with Gasteiger partial charge < -0.3 is 5.11 Å². The van der Waals surface area contributed by atoms with E-state index >= 15 is 0 Å². The number of hydrogen-bond acceptors (Lipinski definition) is 4. The molecule has 2 fully saturated rings.